The molecule has 0 aliphatic heterocycles. The van der Waals surface area contributed by atoms with Crippen molar-refractivity contribution in [2.45, 2.75) is 45.5 Å². The van der Waals surface area contributed by atoms with Gasteiger partial charge in [-0.05, 0) is 73.4 Å². The van der Waals surface area contributed by atoms with Crippen LogP contribution < -0.4 is 15.4 Å². The summed E-state index contributed by atoms with van der Waals surface area (Å²) in [6.07, 6.45) is 0.723. The van der Waals surface area contributed by atoms with E-state index in [1.54, 1.807) is 54.2 Å². The summed E-state index contributed by atoms with van der Waals surface area (Å²) in [5.74, 6) is -0.680. The number of nitrogens with zero attached hydrogens (tertiary/aromatic N) is 2. The number of anilines is 1. The van der Waals surface area contributed by atoms with E-state index in [9.17, 15) is 22.8 Å². The number of amides is 2. The molecule has 0 radical (unpaired) electrons. The number of ether oxygens (including phenoxy) is 1. The molecular formula is C29H26ClF3N4O3. The van der Waals surface area contributed by atoms with Gasteiger partial charge in [0, 0.05) is 17.8 Å². The van der Waals surface area contributed by atoms with Crippen molar-refractivity contribution in [3.63, 3.8) is 0 Å². The molecule has 3 aromatic carbocycles. The Morgan fingerprint density at radius 2 is 1.88 bits per heavy atom. The molecule has 11 heteroatoms. The van der Waals surface area contributed by atoms with Crippen LogP contribution in [-0.4, -0.2) is 28.0 Å². The average molecular weight is 571 g/mol. The molecule has 7 nitrogen and oxygen atoms in total. The standard InChI is InChI=1S/C29H26ClF3N4O3/c1-17-13-20(40-29(31,32)33)10-12-25(17)37-26-8-4-7-24(22(26)16-35-37)36-28(39)21-14-18(9-11-23(21)30)15-34-27(38)19-5-2-3-6-19/h4,7-14,16,19H,2-3,5-6,15H2,1H3,(H,34,38)(H,36,39). The van der Waals surface area contributed by atoms with Gasteiger partial charge in [0.25, 0.3) is 5.91 Å². The quantitative estimate of drug-likeness (QED) is 0.252. The lowest BCUT2D eigenvalue weighted by Gasteiger charge is -2.13. The van der Waals surface area contributed by atoms with E-state index in [-0.39, 0.29) is 28.2 Å². The second kappa shape index (κ2) is 11.2. The Bertz CT molecular complexity index is 1580. The topological polar surface area (TPSA) is 85.2 Å². The molecule has 1 aliphatic carbocycles. The Labute approximate surface area is 233 Å². The zero-order valence-electron chi connectivity index (χ0n) is 21.5. The van der Waals surface area contributed by atoms with E-state index in [0.29, 0.717) is 34.4 Å². The summed E-state index contributed by atoms with van der Waals surface area (Å²) in [6, 6.07) is 14.3. The van der Waals surface area contributed by atoms with Crippen molar-refractivity contribution in [1.29, 1.82) is 0 Å². The number of carbonyl (C=O) groups excluding carboxylic acids is 2. The van der Waals surface area contributed by atoms with E-state index < -0.39 is 12.3 Å². The minimum absolute atomic E-state index is 0.0277. The van der Waals surface area contributed by atoms with E-state index in [1.807, 2.05) is 0 Å². The molecule has 5 rings (SSSR count). The van der Waals surface area contributed by atoms with Crippen molar-refractivity contribution < 1.29 is 27.5 Å². The highest BCUT2D eigenvalue weighted by Gasteiger charge is 2.31. The second-order valence-electron chi connectivity index (χ2n) is 9.76. The molecule has 0 spiro atoms. The van der Waals surface area contributed by atoms with Gasteiger partial charge in [0.2, 0.25) is 5.91 Å². The molecule has 1 aliphatic rings. The third-order valence-corrected chi connectivity index (χ3v) is 7.29. The first-order valence-corrected chi connectivity index (χ1v) is 13.2. The third kappa shape index (κ3) is 6.07. The Balaban J connectivity index is 1.35. The van der Waals surface area contributed by atoms with Crippen molar-refractivity contribution in [2.75, 3.05) is 5.32 Å². The minimum Gasteiger partial charge on any atom is -0.406 e. The van der Waals surface area contributed by atoms with E-state index in [0.717, 1.165) is 31.2 Å². The number of benzene rings is 3. The molecule has 4 aromatic rings. The van der Waals surface area contributed by atoms with Crippen LogP contribution in [0.4, 0.5) is 18.9 Å². The number of aryl methyl sites for hydroxylation is 1. The van der Waals surface area contributed by atoms with Crippen LogP contribution in [0.5, 0.6) is 5.75 Å². The third-order valence-electron chi connectivity index (χ3n) is 6.96. The fraction of sp³-hybridized carbons (Fsp3) is 0.276. The zero-order chi connectivity index (χ0) is 28.4. The monoisotopic (exact) mass is 570 g/mol. The number of halogens is 4. The number of aromatic nitrogens is 2. The van der Waals surface area contributed by atoms with Crippen LogP contribution in [0.2, 0.25) is 5.02 Å². The number of nitrogens with one attached hydrogen (secondary N) is 2. The largest absolute Gasteiger partial charge is 0.573 e. The molecule has 0 saturated heterocycles. The van der Waals surface area contributed by atoms with E-state index >= 15 is 0 Å². The number of fused-ring (bicyclic) bond motifs is 1. The molecule has 0 unspecified atom stereocenters. The lowest BCUT2D eigenvalue weighted by molar-refractivity contribution is -0.274. The van der Waals surface area contributed by atoms with Crippen LogP contribution in [0.3, 0.4) is 0 Å². The first-order valence-electron chi connectivity index (χ1n) is 12.8. The lowest BCUT2D eigenvalue weighted by Crippen LogP contribution is -2.28. The van der Waals surface area contributed by atoms with Gasteiger partial charge >= 0.3 is 6.36 Å². The van der Waals surface area contributed by atoms with Gasteiger partial charge in [0.05, 0.1) is 33.7 Å². The van der Waals surface area contributed by atoms with Crippen molar-refractivity contribution in [3.05, 3.63) is 82.5 Å². The molecule has 1 saturated carbocycles. The first kappa shape index (κ1) is 27.5. The maximum atomic E-state index is 13.2. The maximum absolute atomic E-state index is 13.2. The number of hydrogen-bond donors (Lipinski definition) is 2. The Hall–Kier alpha value is -4.05. The summed E-state index contributed by atoms with van der Waals surface area (Å²) in [5.41, 5.74) is 3.21. The Morgan fingerprint density at radius 1 is 1.10 bits per heavy atom. The Morgan fingerprint density at radius 3 is 2.60 bits per heavy atom. The highest BCUT2D eigenvalue weighted by molar-refractivity contribution is 6.34. The zero-order valence-corrected chi connectivity index (χ0v) is 22.3. The normalized spacial score (nSPS) is 13.9. The molecule has 1 fully saturated rings. The number of hydrogen-bond acceptors (Lipinski definition) is 4. The lowest BCUT2D eigenvalue weighted by atomic mass is 10.1. The minimum atomic E-state index is -4.79. The molecule has 0 atom stereocenters. The van der Waals surface area contributed by atoms with Gasteiger partial charge in [0.15, 0.2) is 0 Å². The molecule has 0 bridgehead atoms. The highest BCUT2D eigenvalue weighted by Crippen LogP contribution is 2.31. The molecule has 1 heterocycles. The summed E-state index contributed by atoms with van der Waals surface area (Å²) in [5, 5.41) is 11.1. The van der Waals surface area contributed by atoms with Gasteiger partial charge < -0.3 is 15.4 Å². The molecule has 40 heavy (non-hydrogen) atoms. The van der Waals surface area contributed by atoms with Crippen molar-refractivity contribution >= 4 is 40.0 Å². The van der Waals surface area contributed by atoms with E-state index in [2.05, 4.69) is 20.5 Å². The van der Waals surface area contributed by atoms with Gasteiger partial charge in [-0.2, -0.15) is 5.10 Å². The van der Waals surface area contributed by atoms with E-state index in [4.69, 9.17) is 11.6 Å². The number of rotatable bonds is 7. The smallest absolute Gasteiger partial charge is 0.406 e. The van der Waals surface area contributed by atoms with Gasteiger partial charge in [-0.3, -0.25) is 9.59 Å². The predicted octanol–water partition coefficient (Wildman–Crippen LogP) is 6.94. The fourth-order valence-electron chi connectivity index (χ4n) is 4.98. The summed E-state index contributed by atoms with van der Waals surface area (Å²) < 4.78 is 43.4. The van der Waals surface area contributed by atoms with Crippen LogP contribution in [-0.2, 0) is 11.3 Å². The summed E-state index contributed by atoms with van der Waals surface area (Å²) in [4.78, 5) is 25.6. The van der Waals surface area contributed by atoms with Gasteiger partial charge in [-0.15, -0.1) is 13.2 Å². The highest BCUT2D eigenvalue weighted by atomic mass is 35.5. The average Bonchev–Trinajstić information content (AvgIpc) is 3.58. The van der Waals surface area contributed by atoms with Crippen LogP contribution in [0.1, 0.15) is 47.2 Å². The number of alkyl halides is 3. The number of carbonyl (C=O) groups is 2. The van der Waals surface area contributed by atoms with Crippen molar-refractivity contribution in [1.82, 2.24) is 15.1 Å². The molecular weight excluding hydrogens is 545 g/mol. The fourth-order valence-corrected chi connectivity index (χ4v) is 5.19. The van der Waals surface area contributed by atoms with Crippen LogP contribution in [0, 0.1) is 12.8 Å². The SMILES string of the molecule is Cc1cc(OC(F)(F)F)ccc1-n1ncc2c(NC(=O)c3cc(CNC(=O)C4CCCC4)ccc3Cl)cccc21. The molecule has 2 N–H and O–H groups in total. The Kier molecular flexibility index (Phi) is 7.71. The molecule has 208 valence electrons. The summed E-state index contributed by atoms with van der Waals surface area (Å²) >= 11 is 6.35. The summed E-state index contributed by atoms with van der Waals surface area (Å²) in [7, 11) is 0. The predicted molar refractivity (Wildman–Crippen MR) is 146 cm³/mol. The van der Waals surface area contributed by atoms with Crippen LogP contribution >= 0.6 is 11.6 Å². The van der Waals surface area contributed by atoms with Gasteiger partial charge in [0.1, 0.15) is 5.75 Å². The van der Waals surface area contributed by atoms with E-state index in [1.165, 1.54) is 18.2 Å². The summed E-state index contributed by atoms with van der Waals surface area (Å²) in [6.45, 7) is 1.95. The second-order valence-corrected chi connectivity index (χ2v) is 10.2. The molecule has 2 amide bonds. The molecule has 1 aromatic heterocycles. The van der Waals surface area contributed by atoms with Crippen LogP contribution in [0.15, 0.2) is 60.8 Å². The van der Waals surface area contributed by atoms with Crippen LogP contribution in [0.25, 0.3) is 16.6 Å². The maximum Gasteiger partial charge on any atom is 0.573 e. The van der Waals surface area contributed by atoms with Crippen molar-refractivity contribution in [3.8, 4) is 11.4 Å². The van der Waals surface area contributed by atoms with Gasteiger partial charge in [-0.1, -0.05) is 36.6 Å². The first-order chi connectivity index (χ1) is 19.1. The van der Waals surface area contributed by atoms with Crippen molar-refractivity contribution in [2.24, 2.45) is 5.92 Å². The van der Waals surface area contributed by atoms with Gasteiger partial charge in [-0.25, -0.2) is 4.68 Å².